The third-order valence-corrected chi connectivity index (χ3v) is 5.86. The van der Waals surface area contributed by atoms with Gasteiger partial charge in [0, 0.05) is 23.1 Å². The number of nitro groups is 1. The summed E-state index contributed by atoms with van der Waals surface area (Å²) < 4.78 is 227. The van der Waals surface area contributed by atoms with E-state index in [1.54, 1.807) is 0 Å². The highest BCUT2D eigenvalue weighted by Gasteiger charge is 2.95. The first-order chi connectivity index (χ1) is 18.5. The predicted octanol–water partition coefficient (Wildman–Crippen LogP) is 7.67. The van der Waals surface area contributed by atoms with Crippen LogP contribution >= 0.6 is 11.3 Å². The summed E-state index contributed by atoms with van der Waals surface area (Å²) >= 11 is 0.0358. The van der Waals surface area contributed by atoms with Gasteiger partial charge < -0.3 is 0 Å². The molecule has 236 valence electrons. The minimum Gasteiger partial charge on any atom is -0.296 e. The molecule has 1 aromatic heterocycles. The van der Waals surface area contributed by atoms with E-state index < -0.39 is 69.3 Å². The number of halogens is 17. The van der Waals surface area contributed by atoms with Gasteiger partial charge in [-0.05, 0) is 12.1 Å². The number of nitrogens with one attached hydrogen (secondary N) is 1. The van der Waals surface area contributed by atoms with Gasteiger partial charge in [-0.15, -0.1) is 11.3 Å². The Bertz CT molecular complexity index is 1340. The molecule has 1 aromatic carbocycles. The lowest BCUT2D eigenvalue weighted by molar-refractivity contribution is -0.459. The van der Waals surface area contributed by atoms with E-state index in [1.807, 2.05) is 0 Å². The molecule has 0 radical (unpaired) electrons. The van der Waals surface area contributed by atoms with Gasteiger partial charge in [-0.2, -0.15) is 74.6 Å². The molecule has 24 heteroatoms. The second-order valence-corrected chi connectivity index (χ2v) is 8.67. The highest BCUT2D eigenvalue weighted by atomic mass is 32.1. The quantitative estimate of drug-likeness (QED) is 0.160. The van der Waals surface area contributed by atoms with E-state index in [-0.39, 0.29) is 22.6 Å². The third-order valence-electron chi connectivity index (χ3n) is 5.11. The fraction of sp³-hybridized carbons (Fsp3) is 0.444. The first-order valence-corrected chi connectivity index (χ1v) is 10.6. The van der Waals surface area contributed by atoms with Gasteiger partial charge >= 0.3 is 53.5 Å². The van der Waals surface area contributed by atoms with E-state index in [2.05, 4.69) is 4.98 Å². The number of nitro benzene ring substituents is 1. The molecule has 0 aliphatic carbocycles. The fourth-order valence-corrected chi connectivity index (χ4v) is 3.41. The third kappa shape index (κ3) is 4.95. The smallest absolute Gasteiger partial charge is 0.296 e. The monoisotopic (exact) mass is 667 g/mol. The van der Waals surface area contributed by atoms with Gasteiger partial charge in [-0.1, -0.05) is 0 Å². The fourth-order valence-electron chi connectivity index (χ4n) is 2.70. The topological polar surface area (TPSA) is 85.1 Å². The zero-order valence-electron chi connectivity index (χ0n) is 18.8. The molecule has 6 nitrogen and oxygen atoms in total. The second-order valence-electron chi connectivity index (χ2n) is 7.81. The van der Waals surface area contributed by atoms with Gasteiger partial charge in [0.2, 0.25) is 0 Å². The molecule has 1 N–H and O–H groups in total. The number of thiazole rings is 1. The molecule has 42 heavy (non-hydrogen) atoms. The van der Waals surface area contributed by atoms with Gasteiger partial charge in [0.05, 0.1) is 10.6 Å². The summed E-state index contributed by atoms with van der Waals surface area (Å²) in [5.41, 5.74) is -0.934. The van der Waals surface area contributed by atoms with E-state index in [0.29, 0.717) is 5.32 Å². The molecule has 0 fully saturated rings. The number of benzene rings is 1. The van der Waals surface area contributed by atoms with E-state index in [9.17, 15) is 89.5 Å². The Morgan fingerprint density at radius 2 is 1.10 bits per heavy atom. The molecular formula is C18H6F17N3O3S. The van der Waals surface area contributed by atoms with Crippen molar-refractivity contribution in [2.45, 2.75) is 47.6 Å². The van der Waals surface area contributed by atoms with Crippen molar-refractivity contribution < 1.29 is 84.4 Å². The van der Waals surface area contributed by atoms with Crippen LogP contribution in [0.5, 0.6) is 0 Å². The number of anilines is 1. The number of hydrogen-bond donors (Lipinski definition) is 1. The number of rotatable bonds is 10. The molecule has 0 bridgehead atoms. The van der Waals surface area contributed by atoms with Crippen molar-refractivity contribution in [3.8, 4) is 11.3 Å². The van der Waals surface area contributed by atoms with Crippen LogP contribution in [-0.2, 0) is 4.79 Å². The van der Waals surface area contributed by atoms with Crippen LogP contribution in [0, 0.1) is 10.1 Å². The molecule has 0 spiro atoms. The zero-order valence-corrected chi connectivity index (χ0v) is 19.7. The van der Waals surface area contributed by atoms with Crippen LogP contribution in [0.2, 0.25) is 0 Å². The van der Waals surface area contributed by atoms with Crippen molar-refractivity contribution in [2.24, 2.45) is 0 Å². The summed E-state index contributed by atoms with van der Waals surface area (Å²) in [4.78, 5) is 24.7. The Balaban J connectivity index is 2.44. The number of alkyl halides is 17. The summed E-state index contributed by atoms with van der Waals surface area (Å²) in [6.45, 7) is 0. The highest BCUT2D eigenvalue weighted by molar-refractivity contribution is 7.14. The van der Waals surface area contributed by atoms with Crippen LogP contribution in [0.4, 0.5) is 85.5 Å². The van der Waals surface area contributed by atoms with Crippen LogP contribution < -0.4 is 5.32 Å². The Morgan fingerprint density at radius 3 is 1.50 bits per heavy atom. The number of carbonyl (C=O) groups excluding carboxylic acids is 1. The molecule has 0 saturated carbocycles. The van der Waals surface area contributed by atoms with Gasteiger partial charge in [0.1, 0.15) is 0 Å². The SMILES string of the molecule is O=C(Nc1nc(-c2ccc([N+](=O)[O-])cc2)cs1)C(F)(F)C(F)(F)C(F)(F)C(F)(F)C(F)(F)C(F)(F)C(F)(F)C(F)(F)F. The van der Waals surface area contributed by atoms with Gasteiger partial charge in [0.15, 0.2) is 5.13 Å². The summed E-state index contributed by atoms with van der Waals surface area (Å²) in [5.74, 6) is -62.4. The summed E-state index contributed by atoms with van der Waals surface area (Å²) in [6.07, 6.45) is -7.88. The summed E-state index contributed by atoms with van der Waals surface area (Å²) in [7, 11) is 0. The number of hydrogen-bond acceptors (Lipinski definition) is 5. The average Bonchev–Trinajstić information content (AvgIpc) is 3.31. The summed E-state index contributed by atoms with van der Waals surface area (Å²) in [6, 6.07) is 3.69. The van der Waals surface area contributed by atoms with Crippen LogP contribution in [-0.4, -0.2) is 63.4 Å². The first-order valence-electron chi connectivity index (χ1n) is 9.75. The molecule has 2 rings (SSSR count). The molecule has 0 aliphatic heterocycles. The van der Waals surface area contributed by atoms with Gasteiger partial charge in [-0.25, -0.2) is 4.98 Å². The Labute approximate surface area is 222 Å². The first kappa shape index (κ1) is 34.7. The van der Waals surface area contributed by atoms with Crippen molar-refractivity contribution in [1.29, 1.82) is 0 Å². The molecule has 0 saturated heterocycles. The molecular weight excluding hydrogens is 661 g/mol. The number of carbonyl (C=O) groups is 1. The number of non-ortho nitro benzene ring substituents is 1. The van der Waals surface area contributed by atoms with E-state index >= 15 is 0 Å². The molecule has 1 heterocycles. The van der Waals surface area contributed by atoms with Crippen LogP contribution in [0.25, 0.3) is 11.3 Å². The van der Waals surface area contributed by atoms with E-state index in [4.69, 9.17) is 0 Å². The molecule has 1 amide bonds. The average molecular weight is 667 g/mol. The second kappa shape index (κ2) is 10.1. The van der Waals surface area contributed by atoms with Crippen molar-refractivity contribution in [2.75, 3.05) is 5.32 Å². The van der Waals surface area contributed by atoms with E-state index in [0.717, 1.165) is 29.6 Å². The van der Waals surface area contributed by atoms with Crippen molar-refractivity contribution >= 4 is 28.1 Å². The maximum Gasteiger partial charge on any atom is 0.460 e. The molecule has 0 unspecified atom stereocenters. The lowest BCUT2D eigenvalue weighted by atomic mass is 9.89. The number of aromatic nitrogens is 1. The van der Waals surface area contributed by atoms with Gasteiger partial charge in [-0.3, -0.25) is 20.2 Å². The molecule has 2 aromatic rings. The largest absolute Gasteiger partial charge is 0.460 e. The molecule has 0 atom stereocenters. The minimum absolute atomic E-state index is 0.0358. The van der Waals surface area contributed by atoms with Crippen molar-refractivity contribution in [3.63, 3.8) is 0 Å². The maximum atomic E-state index is 14.0. The zero-order chi connectivity index (χ0) is 33.1. The molecule has 0 aliphatic rings. The normalized spacial score (nSPS) is 14.6. The van der Waals surface area contributed by atoms with Crippen molar-refractivity contribution in [3.05, 3.63) is 39.8 Å². The lowest BCUT2D eigenvalue weighted by Crippen LogP contribution is -2.75. The number of amides is 1. The van der Waals surface area contributed by atoms with Crippen LogP contribution in [0.3, 0.4) is 0 Å². The van der Waals surface area contributed by atoms with Crippen LogP contribution in [0.15, 0.2) is 29.6 Å². The number of nitrogens with zero attached hydrogens (tertiary/aromatic N) is 2. The Kier molecular flexibility index (Phi) is 8.32. The predicted molar refractivity (Wildman–Crippen MR) is 104 cm³/mol. The summed E-state index contributed by atoms with van der Waals surface area (Å²) in [5, 5.41) is 10.9. The van der Waals surface area contributed by atoms with Crippen molar-refractivity contribution in [1.82, 2.24) is 4.98 Å². The lowest BCUT2D eigenvalue weighted by Gasteiger charge is -2.42. The van der Waals surface area contributed by atoms with E-state index in [1.165, 1.54) is 0 Å². The minimum atomic E-state index is -8.81. The Morgan fingerprint density at radius 1 is 0.690 bits per heavy atom. The van der Waals surface area contributed by atoms with Gasteiger partial charge in [0.25, 0.3) is 5.69 Å². The Hall–Kier alpha value is -3.47. The maximum absolute atomic E-state index is 14.0. The standard InChI is InChI=1S/C18H6F17N3O3S/c19-11(20,9(39)37-10-36-8(5-42-10)6-1-3-7(4-2-6)38(40)41)12(21,22)13(23,24)14(25,26)15(27,28)16(29,30)17(31,32)18(33,34)35/h1-5H,(H,36,37,39). The van der Waals surface area contributed by atoms with Crippen LogP contribution in [0.1, 0.15) is 0 Å². The highest BCUT2D eigenvalue weighted by Crippen LogP contribution is 2.64.